The third-order valence-electron chi connectivity index (χ3n) is 2.22. The number of aryl methyl sites for hydroxylation is 1. The molecule has 2 aromatic rings. The molecule has 0 spiro atoms. The largest absolute Gasteiger partial charge is 0.409 e. The first kappa shape index (κ1) is 12.4. The Morgan fingerprint density at radius 3 is 2.83 bits per heavy atom. The van der Waals surface area contributed by atoms with Gasteiger partial charge in [-0.3, -0.25) is 0 Å². The topological polar surface area (TPSA) is 84.4 Å². The van der Waals surface area contributed by atoms with Crippen LogP contribution in [0.15, 0.2) is 51.7 Å². The molecule has 0 saturated carbocycles. The van der Waals surface area contributed by atoms with E-state index in [0.29, 0.717) is 10.7 Å². The molecule has 0 atom stereocenters. The van der Waals surface area contributed by atoms with Gasteiger partial charge in [0.15, 0.2) is 5.84 Å². The summed E-state index contributed by atoms with van der Waals surface area (Å²) in [6.45, 7) is 2.02. The minimum atomic E-state index is -0.0433. The quantitative estimate of drug-likeness (QED) is 0.382. The molecular weight excluding hydrogens is 248 g/mol. The third kappa shape index (κ3) is 2.78. The van der Waals surface area contributed by atoms with Crippen molar-refractivity contribution in [2.75, 3.05) is 0 Å². The van der Waals surface area contributed by atoms with Crippen LogP contribution in [-0.2, 0) is 0 Å². The first-order valence-electron chi connectivity index (χ1n) is 5.24. The molecule has 0 aliphatic carbocycles. The molecule has 2 rings (SSSR count). The smallest absolute Gasteiger partial charge is 0.191 e. The Balaban J connectivity index is 2.35. The normalized spacial score (nSPS) is 11.5. The Bertz CT molecular complexity index is 586. The Hall–Kier alpha value is -2.08. The monoisotopic (exact) mass is 260 g/mol. The zero-order valence-electron chi connectivity index (χ0n) is 9.74. The van der Waals surface area contributed by atoms with E-state index in [4.69, 9.17) is 10.9 Å². The molecule has 5 nitrogen and oxygen atoms in total. The predicted molar refractivity (Wildman–Crippen MR) is 69.8 cm³/mol. The van der Waals surface area contributed by atoms with E-state index in [1.54, 1.807) is 6.20 Å². The summed E-state index contributed by atoms with van der Waals surface area (Å²) in [6.07, 6.45) is 3.08. The van der Waals surface area contributed by atoms with Gasteiger partial charge in [0.05, 0.1) is 0 Å². The van der Waals surface area contributed by atoms with Crippen LogP contribution in [0.1, 0.15) is 11.3 Å². The molecule has 0 aliphatic rings. The summed E-state index contributed by atoms with van der Waals surface area (Å²) < 4.78 is 0. The van der Waals surface area contributed by atoms with Gasteiger partial charge in [0.2, 0.25) is 0 Å². The summed E-state index contributed by atoms with van der Waals surface area (Å²) in [4.78, 5) is 9.30. The molecular formula is C12H12N4OS. The Morgan fingerprint density at radius 2 is 2.11 bits per heavy atom. The third-order valence-corrected chi connectivity index (χ3v) is 3.20. The number of amidine groups is 1. The summed E-state index contributed by atoms with van der Waals surface area (Å²) in [5.74, 6) is -0.0433. The summed E-state index contributed by atoms with van der Waals surface area (Å²) >= 11 is 1.43. The number of aromatic nitrogens is 2. The van der Waals surface area contributed by atoms with Crippen LogP contribution >= 0.6 is 11.8 Å². The fourth-order valence-electron chi connectivity index (χ4n) is 1.41. The second-order valence-electron chi connectivity index (χ2n) is 3.61. The number of oxime groups is 1. The van der Waals surface area contributed by atoms with Crippen LogP contribution in [0.2, 0.25) is 0 Å². The molecule has 0 bridgehead atoms. The lowest BCUT2D eigenvalue weighted by Crippen LogP contribution is -2.16. The highest BCUT2D eigenvalue weighted by Gasteiger charge is 2.11. The second kappa shape index (κ2) is 5.50. The van der Waals surface area contributed by atoms with E-state index in [0.717, 1.165) is 10.5 Å². The van der Waals surface area contributed by atoms with Crippen LogP contribution in [0.5, 0.6) is 0 Å². The number of benzene rings is 1. The van der Waals surface area contributed by atoms with Gasteiger partial charge in [-0.1, -0.05) is 34.6 Å². The Labute approximate surface area is 109 Å². The first-order valence-corrected chi connectivity index (χ1v) is 6.06. The molecule has 0 fully saturated rings. The maximum absolute atomic E-state index is 8.71. The molecule has 1 aromatic heterocycles. The van der Waals surface area contributed by atoms with Crippen LogP contribution < -0.4 is 5.73 Å². The fourth-order valence-corrected chi connectivity index (χ4v) is 2.40. The van der Waals surface area contributed by atoms with Gasteiger partial charge in [0.25, 0.3) is 0 Å². The molecule has 1 aromatic carbocycles. The molecule has 0 amide bonds. The SMILES string of the molecule is Cc1cccc(Sc2nccnc2C(N)=NO)c1. The van der Waals surface area contributed by atoms with Gasteiger partial charge >= 0.3 is 0 Å². The summed E-state index contributed by atoms with van der Waals surface area (Å²) in [7, 11) is 0. The summed E-state index contributed by atoms with van der Waals surface area (Å²) in [5.41, 5.74) is 7.11. The van der Waals surface area contributed by atoms with Crippen molar-refractivity contribution in [3.63, 3.8) is 0 Å². The van der Waals surface area contributed by atoms with Crippen molar-refractivity contribution in [1.29, 1.82) is 0 Å². The number of nitrogens with zero attached hydrogens (tertiary/aromatic N) is 3. The lowest BCUT2D eigenvalue weighted by atomic mass is 10.2. The highest BCUT2D eigenvalue weighted by molar-refractivity contribution is 7.99. The number of rotatable bonds is 3. The van der Waals surface area contributed by atoms with Crippen molar-refractivity contribution < 1.29 is 5.21 Å². The zero-order chi connectivity index (χ0) is 13.0. The zero-order valence-corrected chi connectivity index (χ0v) is 10.6. The molecule has 18 heavy (non-hydrogen) atoms. The number of hydrogen-bond donors (Lipinski definition) is 2. The van der Waals surface area contributed by atoms with E-state index in [1.165, 1.54) is 18.0 Å². The highest BCUT2D eigenvalue weighted by Crippen LogP contribution is 2.28. The van der Waals surface area contributed by atoms with Crippen molar-refractivity contribution in [1.82, 2.24) is 9.97 Å². The van der Waals surface area contributed by atoms with Crippen LogP contribution in [0.4, 0.5) is 0 Å². The molecule has 0 unspecified atom stereocenters. The van der Waals surface area contributed by atoms with Crippen molar-refractivity contribution in [2.45, 2.75) is 16.8 Å². The maximum Gasteiger partial charge on any atom is 0.191 e. The van der Waals surface area contributed by atoms with E-state index in [9.17, 15) is 0 Å². The van der Waals surface area contributed by atoms with Crippen molar-refractivity contribution in [3.8, 4) is 0 Å². The Kier molecular flexibility index (Phi) is 3.78. The minimum Gasteiger partial charge on any atom is -0.409 e. The van der Waals surface area contributed by atoms with E-state index in [1.807, 2.05) is 31.2 Å². The predicted octanol–water partition coefficient (Wildman–Crippen LogP) is 2.03. The lowest BCUT2D eigenvalue weighted by molar-refractivity contribution is 0.318. The summed E-state index contributed by atoms with van der Waals surface area (Å²) in [6, 6.07) is 8.00. The first-order chi connectivity index (χ1) is 8.70. The van der Waals surface area contributed by atoms with Crippen molar-refractivity contribution in [3.05, 3.63) is 47.9 Å². The molecule has 3 N–H and O–H groups in total. The Morgan fingerprint density at radius 1 is 1.33 bits per heavy atom. The fraction of sp³-hybridized carbons (Fsp3) is 0.0833. The van der Waals surface area contributed by atoms with E-state index in [-0.39, 0.29) is 5.84 Å². The molecule has 1 heterocycles. The van der Waals surface area contributed by atoms with E-state index >= 15 is 0 Å². The molecule has 0 saturated heterocycles. The molecule has 0 aliphatic heterocycles. The van der Waals surface area contributed by atoms with Crippen LogP contribution in [0.3, 0.4) is 0 Å². The van der Waals surface area contributed by atoms with E-state index < -0.39 is 0 Å². The standard InChI is InChI=1S/C12H12N4OS/c1-8-3-2-4-9(7-8)18-12-10(11(13)16-17)14-5-6-15-12/h2-7,17H,1H3,(H2,13,16). The van der Waals surface area contributed by atoms with Crippen molar-refractivity contribution in [2.24, 2.45) is 10.9 Å². The summed E-state index contributed by atoms with van der Waals surface area (Å²) in [5, 5.41) is 12.3. The average Bonchev–Trinajstić information content (AvgIpc) is 2.38. The molecule has 6 heteroatoms. The second-order valence-corrected chi connectivity index (χ2v) is 4.68. The van der Waals surface area contributed by atoms with Crippen LogP contribution in [0, 0.1) is 6.92 Å². The average molecular weight is 260 g/mol. The van der Waals surface area contributed by atoms with Gasteiger partial charge < -0.3 is 10.9 Å². The minimum absolute atomic E-state index is 0.0433. The molecule has 0 radical (unpaired) electrons. The maximum atomic E-state index is 8.71. The van der Waals surface area contributed by atoms with Gasteiger partial charge in [0.1, 0.15) is 10.7 Å². The number of nitrogens with two attached hydrogens (primary N) is 1. The van der Waals surface area contributed by atoms with E-state index in [2.05, 4.69) is 15.1 Å². The van der Waals surface area contributed by atoms with Gasteiger partial charge in [-0.25, -0.2) is 9.97 Å². The van der Waals surface area contributed by atoms with Gasteiger partial charge in [0, 0.05) is 17.3 Å². The van der Waals surface area contributed by atoms with Gasteiger partial charge in [-0.05, 0) is 19.1 Å². The highest BCUT2D eigenvalue weighted by atomic mass is 32.2. The van der Waals surface area contributed by atoms with Crippen LogP contribution in [-0.4, -0.2) is 21.0 Å². The molecule has 92 valence electrons. The van der Waals surface area contributed by atoms with Crippen molar-refractivity contribution >= 4 is 17.6 Å². The van der Waals surface area contributed by atoms with Gasteiger partial charge in [-0.2, -0.15) is 0 Å². The van der Waals surface area contributed by atoms with Gasteiger partial charge in [-0.15, -0.1) is 0 Å². The lowest BCUT2D eigenvalue weighted by Gasteiger charge is -2.05. The number of hydrogen-bond acceptors (Lipinski definition) is 5. The van der Waals surface area contributed by atoms with Crippen LogP contribution in [0.25, 0.3) is 0 Å².